The standard InChI is InChI=1S/C17H17N5O3S/c23-15(18-13-5-3-11(4-6-13)16(24)25)9-26-17-19-20-21-22(17)14-8-10-1-2-12(14)7-10/h1-6,10,12,14H,7-9H2,(H,18,23)(H,24,25)/t10-,12+,14+/m1/s1. The number of nitrogens with zero attached hydrogens (tertiary/aromatic N) is 4. The molecule has 0 unspecified atom stereocenters. The molecule has 1 saturated carbocycles. The lowest BCUT2D eigenvalue weighted by Crippen LogP contribution is -2.18. The van der Waals surface area contributed by atoms with Crippen LogP contribution in [0.3, 0.4) is 0 Å². The maximum atomic E-state index is 12.1. The van der Waals surface area contributed by atoms with Gasteiger partial charge in [0.25, 0.3) is 0 Å². The zero-order valence-corrected chi connectivity index (χ0v) is 14.6. The van der Waals surface area contributed by atoms with Gasteiger partial charge in [-0.2, -0.15) is 0 Å². The number of rotatable bonds is 6. The number of carboxylic acid groups (broad SMARTS) is 1. The van der Waals surface area contributed by atoms with E-state index in [0.29, 0.717) is 22.7 Å². The molecule has 8 nitrogen and oxygen atoms in total. The zero-order chi connectivity index (χ0) is 18.1. The third-order valence-corrected chi connectivity index (χ3v) is 5.70. The molecule has 1 heterocycles. The second-order valence-electron chi connectivity index (χ2n) is 6.47. The molecule has 134 valence electrons. The summed E-state index contributed by atoms with van der Waals surface area (Å²) in [7, 11) is 0. The number of aromatic nitrogens is 4. The van der Waals surface area contributed by atoms with Crippen molar-refractivity contribution in [2.75, 3.05) is 11.1 Å². The Hall–Kier alpha value is -2.68. The van der Waals surface area contributed by atoms with Crippen molar-refractivity contribution in [3.8, 4) is 0 Å². The van der Waals surface area contributed by atoms with Gasteiger partial charge in [0.2, 0.25) is 11.1 Å². The van der Waals surface area contributed by atoms with Crippen LogP contribution >= 0.6 is 11.8 Å². The van der Waals surface area contributed by atoms with Gasteiger partial charge in [0, 0.05) is 5.69 Å². The normalized spacial score (nSPS) is 23.3. The number of aromatic carboxylic acids is 1. The Morgan fingerprint density at radius 1 is 1.23 bits per heavy atom. The highest BCUT2D eigenvalue weighted by Crippen LogP contribution is 2.46. The molecule has 1 fully saturated rings. The molecule has 1 aromatic heterocycles. The Bertz CT molecular complexity index is 864. The largest absolute Gasteiger partial charge is 0.478 e. The first-order chi connectivity index (χ1) is 12.6. The molecule has 2 aliphatic rings. The maximum absolute atomic E-state index is 12.1. The van der Waals surface area contributed by atoms with E-state index >= 15 is 0 Å². The van der Waals surface area contributed by atoms with Gasteiger partial charge in [-0.05, 0) is 59.4 Å². The van der Waals surface area contributed by atoms with Crippen LogP contribution < -0.4 is 5.32 Å². The minimum atomic E-state index is -0.999. The van der Waals surface area contributed by atoms with Gasteiger partial charge in [0.1, 0.15) is 0 Å². The third-order valence-electron chi connectivity index (χ3n) is 4.77. The average molecular weight is 371 g/mol. The van der Waals surface area contributed by atoms with Crippen molar-refractivity contribution in [1.29, 1.82) is 0 Å². The number of hydrogen-bond acceptors (Lipinski definition) is 6. The van der Waals surface area contributed by atoms with Crippen molar-refractivity contribution < 1.29 is 14.7 Å². The fraction of sp³-hybridized carbons (Fsp3) is 0.353. The molecule has 1 aromatic carbocycles. The summed E-state index contributed by atoms with van der Waals surface area (Å²) in [6, 6.07) is 6.31. The highest BCUT2D eigenvalue weighted by molar-refractivity contribution is 7.99. The predicted molar refractivity (Wildman–Crippen MR) is 95.0 cm³/mol. The smallest absolute Gasteiger partial charge is 0.335 e. The van der Waals surface area contributed by atoms with E-state index in [1.54, 1.807) is 12.1 Å². The summed E-state index contributed by atoms with van der Waals surface area (Å²) in [6.07, 6.45) is 6.70. The first-order valence-electron chi connectivity index (χ1n) is 8.32. The van der Waals surface area contributed by atoms with Gasteiger partial charge in [-0.25, -0.2) is 9.48 Å². The van der Waals surface area contributed by atoms with E-state index in [-0.39, 0.29) is 23.3 Å². The van der Waals surface area contributed by atoms with Gasteiger partial charge >= 0.3 is 5.97 Å². The molecule has 2 aromatic rings. The monoisotopic (exact) mass is 371 g/mol. The number of benzene rings is 1. The number of amides is 1. The number of carbonyl (C=O) groups excluding carboxylic acids is 1. The molecule has 26 heavy (non-hydrogen) atoms. The number of allylic oxidation sites excluding steroid dienone is 2. The van der Waals surface area contributed by atoms with E-state index in [1.165, 1.54) is 23.9 Å². The Labute approximate surface area is 153 Å². The summed E-state index contributed by atoms with van der Waals surface area (Å²) >= 11 is 1.30. The zero-order valence-electron chi connectivity index (χ0n) is 13.8. The quantitative estimate of drug-likeness (QED) is 0.592. The highest BCUT2D eigenvalue weighted by atomic mass is 32.2. The van der Waals surface area contributed by atoms with E-state index in [4.69, 9.17) is 5.11 Å². The van der Waals surface area contributed by atoms with Crippen LogP contribution in [0.25, 0.3) is 0 Å². The minimum Gasteiger partial charge on any atom is -0.478 e. The van der Waals surface area contributed by atoms with Crippen LogP contribution in [0, 0.1) is 11.8 Å². The van der Waals surface area contributed by atoms with Gasteiger partial charge in [0.05, 0.1) is 17.4 Å². The number of hydrogen-bond donors (Lipinski definition) is 2. The lowest BCUT2D eigenvalue weighted by atomic mass is 10.0. The highest BCUT2D eigenvalue weighted by Gasteiger charge is 2.38. The van der Waals surface area contributed by atoms with Crippen molar-refractivity contribution in [1.82, 2.24) is 20.2 Å². The van der Waals surface area contributed by atoms with Crippen molar-refractivity contribution in [2.45, 2.75) is 24.0 Å². The van der Waals surface area contributed by atoms with Crippen molar-refractivity contribution in [3.63, 3.8) is 0 Å². The lowest BCUT2D eigenvalue weighted by molar-refractivity contribution is -0.113. The fourth-order valence-corrected chi connectivity index (χ4v) is 4.28. The molecule has 0 saturated heterocycles. The molecule has 4 rings (SSSR count). The topological polar surface area (TPSA) is 110 Å². The van der Waals surface area contributed by atoms with Gasteiger partial charge in [-0.3, -0.25) is 4.79 Å². The van der Waals surface area contributed by atoms with Crippen LogP contribution in [0.15, 0.2) is 41.6 Å². The number of anilines is 1. The Morgan fingerprint density at radius 3 is 2.69 bits per heavy atom. The van der Waals surface area contributed by atoms with E-state index in [0.717, 1.165) is 12.8 Å². The molecule has 0 aliphatic heterocycles. The summed E-state index contributed by atoms with van der Waals surface area (Å²) in [4.78, 5) is 23.0. The number of carbonyl (C=O) groups is 2. The molecule has 1 amide bonds. The molecule has 2 N–H and O–H groups in total. The summed E-state index contributed by atoms with van der Waals surface area (Å²) < 4.78 is 1.84. The molecular weight excluding hydrogens is 354 g/mol. The molecule has 0 radical (unpaired) electrons. The number of fused-ring (bicyclic) bond motifs is 2. The molecular formula is C17H17N5O3S. The maximum Gasteiger partial charge on any atom is 0.335 e. The van der Waals surface area contributed by atoms with Crippen LogP contribution in [-0.2, 0) is 4.79 Å². The van der Waals surface area contributed by atoms with Gasteiger partial charge in [-0.15, -0.1) is 5.10 Å². The fourth-order valence-electron chi connectivity index (χ4n) is 3.54. The van der Waals surface area contributed by atoms with Crippen molar-refractivity contribution >= 4 is 29.3 Å². The Kier molecular flexibility index (Phi) is 4.46. The summed E-state index contributed by atoms with van der Waals surface area (Å²) in [5, 5.41) is 24.2. The molecule has 2 bridgehead atoms. The third kappa shape index (κ3) is 3.34. The van der Waals surface area contributed by atoms with Crippen LogP contribution in [0.5, 0.6) is 0 Å². The van der Waals surface area contributed by atoms with Crippen molar-refractivity contribution in [3.05, 3.63) is 42.0 Å². The second-order valence-corrected chi connectivity index (χ2v) is 7.42. The number of carboxylic acids is 1. The first kappa shape index (κ1) is 16.8. The molecule has 0 spiro atoms. The number of thioether (sulfide) groups is 1. The Morgan fingerprint density at radius 2 is 2.04 bits per heavy atom. The van der Waals surface area contributed by atoms with E-state index in [1.807, 2.05) is 4.68 Å². The molecule has 2 aliphatic carbocycles. The predicted octanol–water partition coefficient (Wildman–Crippen LogP) is 2.24. The van der Waals surface area contributed by atoms with Gasteiger partial charge < -0.3 is 10.4 Å². The number of tetrazole rings is 1. The summed E-state index contributed by atoms with van der Waals surface area (Å²) in [5.74, 6) is 0.0762. The van der Waals surface area contributed by atoms with Gasteiger partial charge in [0.15, 0.2) is 0 Å². The average Bonchev–Trinajstić information content (AvgIpc) is 3.36. The van der Waals surface area contributed by atoms with Crippen LogP contribution in [-0.4, -0.2) is 42.9 Å². The molecule has 9 heteroatoms. The van der Waals surface area contributed by atoms with Gasteiger partial charge in [-0.1, -0.05) is 23.9 Å². The number of nitrogens with one attached hydrogen (secondary N) is 1. The first-order valence-corrected chi connectivity index (χ1v) is 9.31. The summed E-state index contributed by atoms with van der Waals surface area (Å²) in [5.41, 5.74) is 0.731. The van der Waals surface area contributed by atoms with Crippen LogP contribution in [0.1, 0.15) is 29.2 Å². The van der Waals surface area contributed by atoms with E-state index in [2.05, 4.69) is 33.0 Å². The molecule has 3 atom stereocenters. The van der Waals surface area contributed by atoms with E-state index < -0.39 is 5.97 Å². The van der Waals surface area contributed by atoms with Crippen molar-refractivity contribution in [2.24, 2.45) is 11.8 Å². The Balaban J connectivity index is 1.34. The van der Waals surface area contributed by atoms with Crippen LogP contribution in [0.4, 0.5) is 5.69 Å². The second kappa shape index (κ2) is 6.91. The summed E-state index contributed by atoms with van der Waals surface area (Å²) in [6.45, 7) is 0. The SMILES string of the molecule is O=C(CSc1nnnn1[C@H]1C[C@@H]2C=C[C@H]1C2)Nc1ccc(C(=O)O)cc1. The lowest BCUT2D eigenvalue weighted by Gasteiger charge is -2.18. The minimum absolute atomic E-state index is 0.177. The van der Waals surface area contributed by atoms with Crippen LogP contribution in [0.2, 0.25) is 0 Å². The van der Waals surface area contributed by atoms with E-state index in [9.17, 15) is 9.59 Å².